The van der Waals surface area contributed by atoms with Gasteiger partial charge in [-0.25, -0.2) is 21.6 Å². The van der Waals surface area contributed by atoms with Crippen LogP contribution in [0.2, 0.25) is 5.02 Å². The standard InChI is InChI=1S/C29H32ClF3N4O3S/c1-26(2)23(24(38)36-12-6-11-29(32,33)18-36)34-25(35-26)27-15-28(16-27,17-27)37(14-19-9-10-21(30)22(31)13-19)41(39,40)20-7-4-3-5-8-20/h3-5,7-10,13,23H,6,11-12,14-18H2,1-2H3,(H,34,35)/t23-,27?,28?/m0/s1. The molecule has 0 radical (unpaired) electrons. The van der Waals surface area contributed by atoms with Gasteiger partial charge in [-0.05, 0) is 69.4 Å². The Morgan fingerprint density at radius 2 is 1.83 bits per heavy atom. The second-order valence-electron chi connectivity index (χ2n) is 12.5. The van der Waals surface area contributed by atoms with Gasteiger partial charge in [-0.2, -0.15) is 4.31 Å². The van der Waals surface area contributed by atoms with Crippen molar-refractivity contribution in [2.24, 2.45) is 10.4 Å². The highest BCUT2D eigenvalue weighted by atomic mass is 35.5. The van der Waals surface area contributed by atoms with Crippen LogP contribution in [0, 0.1) is 11.2 Å². The Bertz CT molecular complexity index is 1510. The molecule has 5 aliphatic rings. The van der Waals surface area contributed by atoms with Crippen molar-refractivity contribution in [1.82, 2.24) is 14.5 Å². The molecule has 2 bridgehead atoms. The second kappa shape index (κ2) is 9.44. The number of alkyl halides is 2. The van der Waals surface area contributed by atoms with E-state index in [1.165, 1.54) is 33.5 Å². The molecule has 3 saturated carbocycles. The Morgan fingerprint density at radius 1 is 1.15 bits per heavy atom. The number of aliphatic imine (C=N–C) groups is 1. The van der Waals surface area contributed by atoms with Crippen LogP contribution in [0.15, 0.2) is 58.4 Å². The minimum atomic E-state index is -3.94. The SMILES string of the molecule is CC1(C)N=C(C23CC(N(Cc4ccc(Cl)c(F)c4)S(=O)(=O)c4ccccc4)(C2)C3)N[C@H]1C(=O)N1CCCC(F)(F)C1. The van der Waals surface area contributed by atoms with Crippen molar-refractivity contribution in [3.63, 3.8) is 0 Å². The Kier molecular flexibility index (Phi) is 6.56. The number of sulfonamides is 1. The van der Waals surface area contributed by atoms with Crippen LogP contribution in [-0.2, 0) is 21.4 Å². The molecular formula is C29H32ClF3N4O3S. The molecule has 1 amide bonds. The van der Waals surface area contributed by atoms with Gasteiger partial charge in [-0.15, -0.1) is 0 Å². The first-order valence-corrected chi connectivity index (χ1v) is 15.5. The van der Waals surface area contributed by atoms with Gasteiger partial charge < -0.3 is 10.2 Å². The predicted octanol–water partition coefficient (Wildman–Crippen LogP) is 5.00. The number of carbonyl (C=O) groups excluding carboxylic acids is 1. The number of rotatable bonds is 7. The zero-order valence-corrected chi connectivity index (χ0v) is 24.4. The van der Waals surface area contributed by atoms with E-state index in [4.69, 9.17) is 16.6 Å². The van der Waals surface area contributed by atoms with Crippen molar-refractivity contribution in [3.8, 4) is 0 Å². The van der Waals surface area contributed by atoms with Crippen LogP contribution in [0.5, 0.6) is 0 Å². The number of carbonyl (C=O) groups is 1. The zero-order chi connectivity index (χ0) is 29.4. The van der Waals surface area contributed by atoms with Gasteiger partial charge in [-0.1, -0.05) is 35.9 Å². The molecule has 2 aliphatic heterocycles. The topological polar surface area (TPSA) is 82.1 Å². The van der Waals surface area contributed by atoms with Gasteiger partial charge in [0.1, 0.15) is 17.7 Å². The Morgan fingerprint density at radius 3 is 2.46 bits per heavy atom. The van der Waals surface area contributed by atoms with Crippen molar-refractivity contribution < 1.29 is 26.4 Å². The number of hydrogen-bond donors (Lipinski definition) is 1. The minimum Gasteiger partial charge on any atom is -0.360 e. The van der Waals surface area contributed by atoms with Gasteiger partial charge in [0.2, 0.25) is 15.9 Å². The van der Waals surface area contributed by atoms with Crippen molar-refractivity contribution in [3.05, 3.63) is 64.9 Å². The Balaban J connectivity index is 1.23. The van der Waals surface area contributed by atoms with Crippen LogP contribution in [0.1, 0.15) is 51.5 Å². The van der Waals surface area contributed by atoms with E-state index >= 15 is 0 Å². The van der Waals surface area contributed by atoms with Crippen molar-refractivity contribution >= 4 is 33.4 Å². The van der Waals surface area contributed by atoms with Crippen molar-refractivity contribution in [2.75, 3.05) is 13.1 Å². The molecule has 41 heavy (non-hydrogen) atoms. The first-order chi connectivity index (χ1) is 19.2. The number of likely N-dealkylation sites (tertiary alicyclic amines) is 1. The lowest BCUT2D eigenvalue weighted by Crippen LogP contribution is -2.78. The van der Waals surface area contributed by atoms with E-state index in [-0.39, 0.29) is 35.8 Å². The van der Waals surface area contributed by atoms with Crippen LogP contribution < -0.4 is 5.32 Å². The van der Waals surface area contributed by atoms with Crippen LogP contribution >= 0.6 is 11.6 Å². The molecule has 3 aliphatic carbocycles. The highest BCUT2D eigenvalue weighted by Crippen LogP contribution is 2.71. The number of hydrogen-bond acceptors (Lipinski definition) is 5. The van der Waals surface area contributed by atoms with Gasteiger partial charge in [0.05, 0.1) is 22.0 Å². The summed E-state index contributed by atoms with van der Waals surface area (Å²) in [5.41, 5.74) is -1.51. The third-order valence-corrected chi connectivity index (χ3v) is 11.3. The van der Waals surface area contributed by atoms with E-state index in [1.54, 1.807) is 38.1 Å². The number of piperidine rings is 1. The molecule has 7 rings (SSSR count). The molecule has 1 saturated heterocycles. The van der Waals surface area contributed by atoms with E-state index in [0.29, 0.717) is 30.7 Å². The van der Waals surface area contributed by atoms with Gasteiger partial charge in [0.15, 0.2) is 0 Å². The lowest BCUT2D eigenvalue weighted by molar-refractivity contribution is -0.151. The Labute approximate surface area is 242 Å². The molecule has 2 heterocycles. The van der Waals surface area contributed by atoms with E-state index in [9.17, 15) is 26.4 Å². The molecular weight excluding hydrogens is 577 g/mol. The molecule has 0 spiro atoms. The van der Waals surface area contributed by atoms with Gasteiger partial charge >= 0.3 is 0 Å². The quantitative estimate of drug-likeness (QED) is 0.480. The number of benzene rings is 2. The average Bonchev–Trinajstić information content (AvgIpc) is 3.18. The first kappa shape index (κ1) is 28.5. The fourth-order valence-electron chi connectivity index (χ4n) is 6.95. The van der Waals surface area contributed by atoms with Crippen molar-refractivity contribution in [1.29, 1.82) is 0 Å². The van der Waals surface area contributed by atoms with Crippen LogP contribution in [0.25, 0.3) is 0 Å². The fraction of sp³-hybridized carbons (Fsp3) is 0.517. The number of nitrogens with zero attached hydrogens (tertiary/aromatic N) is 3. The maximum Gasteiger partial charge on any atom is 0.265 e. The summed E-state index contributed by atoms with van der Waals surface area (Å²) in [6.45, 7) is 3.27. The summed E-state index contributed by atoms with van der Waals surface area (Å²) >= 11 is 5.86. The van der Waals surface area contributed by atoms with Crippen LogP contribution in [-0.4, -0.2) is 65.5 Å². The summed E-state index contributed by atoms with van der Waals surface area (Å²) in [5, 5.41) is 3.22. The summed E-state index contributed by atoms with van der Waals surface area (Å²) in [6.07, 6.45) is 1.46. The summed E-state index contributed by atoms with van der Waals surface area (Å²) in [7, 11) is -3.94. The Hall–Kier alpha value is -2.63. The second-order valence-corrected chi connectivity index (χ2v) is 14.8. The molecule has 2 aromatic carbocycles. The minimum absolute atomic E-state index is 0.0307. The van der Waals surface area contributed by atoms with Crippen molar-refractivity contribution in [2.45, 2.75) is 80.4 Å². The first-order valence-electron chi connectivity index (χ1n) is 13.7. The molecule has 0 unspecified atom stereocenters. The smallest absolute Gasteiger partial charge is 0.265 e. The molecule has 220 valence electrons. The van der Waals surface area contributed by atoms with Gasteiger partial charge in [-0.3, -0.25) is 9.79 Å². The molecule has 0 aromatic heterocycles. The zero-order valence-electron chi connectivity index (χ0n) is 22.8. The number of amidine groups is 1. The highest BCUT2D eigenvalue weighted by molar-refractivity contribution is 7.89. The lowest BCUT2D eigenvalue weighted by Gasteiger charge is -2.72. The molecule has 1 atom stereocenters. The lowest BCUT2D eigenvalue weighted by atomic mass is 9.38. The summed E-state index contributed by atoms with van der Waals surface area (Å²) in [5.74, 6) is -3.29. The summed E-state index contributed by atoms with van der Waals surface area (Å²) in [6, 6.07) is 11.6. The van der Waals surface area contributed by atoms with Crippen LogP contribution in [0.3, 0.4) is 0 Å². The van der Waals surface area contributed by atoms with Gasteiger partial charge in [0, 0.05) is 30.5 Å². The third kappa shape index (κ3) is 4.73. The van der Waals surface area contributed by atoms with Crippen LogP contribution in [0.4, 0.5) is 13.2 Å². The normalized spacial score (nSPS) is 29.8. The maximum absolute atomic E-state index is 14.3. The predicted molar refractivity (Wildman–Crippen MR) is 149 cm³/mol. The summed E-state index contributed by atoms with van der Waals surface area (Å²) in [4.78, 5) is 19.6. The molecule has 7 nitrogen and oxygen atoms in total. The maximum atomic E-state index is 14.3. The fourth-order valence-corrected chi connectivity index (χ4v) is 8.85. The van der Waals surface area contributed by atoms with E-state index < -0.39 is 56.7 Å². The van der Waals surface area contributed by atoms with E-state index in [0.717, 1.165) is 0 Å². The third-order valence-electron chi connectivity index (χ3n) is 9.01. The molecule has 2 aromatic rings. The number of amides is 1. The van der Waals surface area contributed by atoms with E-state index in [2.05, 4.69) is 5.32 Å². The number of halogens is 4. The monoisotopic (exact) mass is 608 g/mol. The molecule has 12 heteroatoms. The largest absolute Gasteiger partial charge is 0.360 e. The van der Waals surface area contributed by atoms with Gasteiger partial charge in [0.25, 0.3) is 5.92 Å². The summed E-state index contributed by atoms with van der Waals surface area (Å²) < 4.78 is 71.6. The average molecular weight is 609 g/mol. The highest BCUT2D eigenvalue weighted by Gasteiger charge is 2.75. The van der Waals surface area contributed by atoms with E-state index in [1.807, 2.05) is 0 Å². The number of nitrogens with one attached hydrogen (secondary N) is 1. The molecule has 1 N–H and O–H groups in total. The molecule has 4 fully saturated rings.